The third-order valence-corrected chi connectivity index (χ3v) is 2.74. The van der Waals surface area contributed by atoms with Crippen LogP contribution >= 0.6 is 0 Å². The zero-order valence-corrected chi connectivity index (χ0v) is 9.20. The molecule has 0 bridgehead atoms. The van der Waals surface area contributed by atoms with E-state index < -0.39 is 0 Å². The van der Waals surface area contributed by atoms with Crippen LogP contribution < -0.4 is 0 Å². The lowest BCUT2D eigenvalue weighted by Gasteiger charge is -2.18. The molecule has 0 radical (unpaired) electrons. The molecular weight excluding hydrogens is 206 g/mol. The molecule has 0 aliphatic heterocycles. The minimum Gasteiger partial charge on any atom is -0.303 e. The molecule has 0 saturated carbocycles. The smallest absolute Gasteiger partial charge is 0.211 e. The van der Waals surface area contributed by atoms with Crippen molar-refractivity contribution in [3.8, 4) is 0 Å². The van der Waals surface area contributed by atoms with Crippen LogP contribution in [0.25, 0.3) is 0 Å². The highest BCUT2D eigenvalue weighted by Gasteiger charge is 2.25. The van der Waals surface area contributed by atoms with Gasteiger partial charge in [-0.2, -0.15) is 0 Å². The van der Waals surface area contributed by atoms with E-state index in [-0.39, 0.29) is 23.3 Å². The van der Waals surface area contributed by atoms with Crippen molar-refractivity contribution in [2.24, 2.45) is 5.92 Å². The van der Waals surface area contributed by atoms with Crippen molar-refractivity contribution in [1.82, 2.24) is 0 Å². The van der Waals surface area contributed by atoms with Gasteiger partial charge in [0.1, 0.15) is 6.29 Å². The Balaban J connectivity index is 2.95. The number of hydrogen-bond acceptors (Lipinski definition) is 3. The molecule has 86 valence electrons. The molecule has 0 N–H and O–H groups in total. The predicted octanol–water partition coefficient (Wildman–Crippen LogP) is 2.27. The largest absolute Gasteiger partial charge is 0.303 e. The van der Waals surface area contributed by atoms with Gasteiger partial charge < -0.3 is 4.79 Å². The second-order valence-electron chi connectivity index (χ2n) is 3.74. The van der Waals surface area contributed by atoms with E-state index in [1.807, 2.05) is 37.3 Å². The second kappa shape index (κ2) is 6.00. The summed E-state index contributed by atoms with van der Waals surface area (Å²) in [5, 5.41) is 10.6. The number of benzene rings is 1. The maximum atomic E-state index is 10.9. The van der Waals surface area contributed by atoms with E-state index in [9.17, 15) is 14.9 Å². The Kier molecular flexibility index (Phi) is 4.64. The van der Waals surface area contributed by atoms with Crippen molar-refractivity contribution >= 4 is 6.29 Å². The average molecular weight is 221 g/mol. The average Bonchev–Trinajstić information content (AvgIpc) is 2.30. The molecule has 2 atom stereocenters. The van der Waals surface area contributed by atoms with Crippen LogP contribution in [-0.4, -0.2) is 17.8 Å². The third kappa shape index (κ3) is 3.15. The Labute approximate surface area is 94.4 Å². The van der Waals surface area contributed by atoms with Crippen molar-refractivity contribution in [1.29, 1.82) is 0 Å². The zero-order valence-electron chi connectivity index (χ0n) is 9.20. The standard InChI is InChI=1S/C12H15NO3/c1-2-10(9-14)12(8-13(15)16)11-6-4-3-5-7-11/h3-7,9-10,12H,2,8H2,1H3. The Bertz CT molecular complexity index is 351. The highest BCUT2D eigenvalue weighted by atomic mass is 16.6. The Morgan fingerprint density at radius 3 is 2.44 bits per heavy atom. The molecule has 0 saturated heterocycles. The Hall–Kier alpha value is -1.71. The number of nitro groups is 1. The number of rotatable bonds is 6. The van der Waals surface area contributed by atoms with E-state index in [2.05, 4.69) is 0 Å². The Morgan fingerprint density at radius 1 is 1.38 bits per heavy atom. The summed E-state index contributed by atoms with van der Waals surface area (Å²) < 4.78 is 0. The number of carbonyl (C=O) groups is 1. The minimum atomic E-state index is -0.357. The molecule has 1 rings (SSSR count). The number of hydrogen-bond donors (Lipinski definition) is 0. The molecular formula is C12H15NO3. The van der Waals surface area contributed by atoms with E-state index in [1.165, 1.54) is 0 Å². The monoisotopic (exact) mass is 221 g/mol. The molecule has 4 heteroatoms. The van der Waals surface area contributed by atoms with Crippen molar-refractivity contribution in [2.45, 2.75) is 19.3 Å². The van der Waals surface area contributed by atoms with Gasteiger partial charge in [0.15, 0.2) is 0 Å². The summed E-state index contributed by atoms with van der Waals surface area (Å²) in [5.41, 5.74) is 0.859. The van der Waals surface area contributed by atoms with Crippen LogP contribution in [0, 0.1) is 16.0 Å². The maximum absolute atomic E-state index is 10.9. The van der Waals surface area contributed by atoms with Gasteiger partial charge in [-0.1, -0.05) is 37.3 Å². The van der Waals surface area contributed by atoms with Gasteiger partial charge in [-0.25, -0.2) is 0 Å². The minimum absolute atomic E-state index is 0.193. The molecule has 0 spiro atoms. The van der Waals surface area contributed by atoms with Gasteiger partial charge in [0.2, 0.25) is 6.54 Å². The summed E-state index contributed by atoms with van der Waals surface area (Å²) in [6.45, 7) is 1.68. The van der Waals surface area contributed by atoms with Gasteiger partial charge >= 0.3 is 0 Å². The van der Waals surface area contributed by atoms with Crippen molar-refractivity contribution in [3.05, 3.63) is 46.0 Å². The van der Waals surface area contributed by atoms with E-state index >= 15 is 0 Å². The molecule has 0 amide bonds. The molecule has 0 aliphatic rings. The molecule has 2 unspecified atom stereocenters. The normalized spacial score (nSPS) is 14.1. The first kappa shape index (κ1) is 12.4. The lowest BCUT2D eigenvalue weighted by atomic mass is 9.85. The topological polar surface area (TPSA) is 60.2 Å². The molecule has 4 nitrogen and oxygen atoms in total. The van der Waals surface area contributed by atoms with Crippen LogP contribution in [-0.2, 0) is 4.79 Å². The molecule has 0 aromatic heterocycles. The Morgan fingerprint density at radius 2 is 2.00 bits per heavy atom. The van der Waals surface area contributed by atoms with Gasteiger partial charge in [-0.05, 0) is 12.0 Å². The number of carbonyl (C=O) groups excluding carboxylic acids is 1. The summed E-state index contributed by atoms with van der Waals surface area (Å²) in [6, 6.07) is 9.19. The van der Waals surface area contributed by atoms with Crippen LogP contribution in [0.1, 0.15) is 24.8 Å². The summed E-state index contributed by atoms with van der Waals surface area (Å²) in [6.07, 6.45) is 1.44. The van der Waals surface area contributed by atoms with Gasteiger partial charge in [-0.15, -0.1) is 0 Å². The summed E-state index contributed by atoms with van der Waals surface area (Å²) in [7, 11) is 0. The lowest BCUT2D eigenvalue weighted by Crippen LogP contribution is -2.22. The van der Waals surface area contributed by atoms with E-state index in [0.29, 0.717) is 6.42 Å². The van der Waals surface area contributed by atoms with Gasteiger partial charge in [0.05, 0.1) is 5.92 Å². The van der Waals surface area contributed by atoms with Crippen molar-refractivity contribution in [2.75, 3.05) is 6.54 Å². The SMILES string of the molecule is CCC(C=O)C(C[N+](=O)[O-])c1ccccc1. The molecule has 0 heterocycles. The van der Waals surface area contributed by atoms with E-state index in [0.717, 1.165) is 11.8 Å². The first-order valence-electron chi connectivity index (χ1n) is 5.31. The van der Waals surface area contributed by atoms with E-state index in [4.69, 9.17) is 0 Å². The maximum Gasteiger partial charge on any atom is 0.211 e. The van der Waals surface area contributed by atoms with Gasteiger partial charge in [-0.3, -0.25) is 10.1 Å². The van der Waals surface area contributed by atoms with Crippen molar-refractivity contribution < 1.29 is 9.72 Å². The fourth-order valence-corrected chi connectivity index (χ4v) is 1.82. The number of aldehydes is 1. The van der Waals surface area contributed by atoms with Gasteiger partial charge in [0, 0.05) is 10.8 Å². The van der Waals surface area contributed by atoms with E-state index in [1.54, 1.807) is 0 Å². The first-order chi connectivity index (χ1) is 7.69. The number of nitrogens with zero attached hydrogens (tertiary/aromatic N) is 1. The fraction of sp³-hybridized carbons (Fsp3) is 0.417. The zero-order chi connectivity index (χ0) is 12.0. The second-order valence-corrected chi connectivity index (χ2v) is 3.74. The third-order valence-electron chi connectivity index (χ3n) is 2.74. The summed E-state index contributed by atoms with van der Waals surface area (Å²) in [4.78, 5) is 21.2. The molecule has 16 heavy (non-hydrogen) atoms. The predicted molar refractivity (Wildman–Crippen MR) is 60.9 cm³/mol. The quantitative estimate of drug-likeness (QED) is 0.420. The first-order valence-corrected chi connectivity index (χ1v) is 5.31. The summed E-state index contributed by atoms with van der Waals surface area (Å²) in [5.74, 6) is -0.605. The van der Waals surface area contributed by atoms with Crippen LogP contribution in [0.5, 0.6) is 0 Å². The van der Waals surface area contributed by atoms with Crippen LogP contribution in [0.4, 0.5) is 0 Å². The molecule has 0 aliphatic carbocycles. The lowest BCUT2D eigenvalue weighted by molar-refractivity contribution is -0.484. The van der Waals surface area contributed by atoms with Crippen LogP contribution in [0.3, 0.4) is 0 Å². The highest BCUT2D eigenvalue weighted by molar-refractivity contribution is 5.55. The molecule has 1 aromatic rings. The van der Waals surface area contributed by atoms with Crippen LogP contribution in [0.2, 0.25) is 0 Å². The summed E-state index contributed by atoms with van der Waals surface area (Å²) >= 11 is 0. The molecule has 1 aromatic carbocycles. The highest BCUT2D eigenvalue weighted by Crippen LogP contribution is 2.25. The molecule has 0 fully saturated rings. The van der Waals surface area contributed by atoms with Gasteiger partial charge in [0.25, 0.3) is 0 Å². The van der Waals surface area contributed by atoms with Crippen molar-refractivity contribution in [3.63, 3.8) is 0 Å². The fourth-order valence-electron chi connectivity index (χ4n) is 1.82. The van der Waals surface area contributed by atoms with Crippen LogP contribution in [0.15, 0.2) is 30.3 Å².